The predicted octanol–water partition coefficient (Wildman–Crippen LogP) is 1.26. The van der Waals surface area contributed by atoms with Gasteiger partial charge in [0.2, 0.25) is 0 Å². The van der Waals surface area contributed by atoms with Crippen LogP contribution >= 0.6 is 12.2 Å². The van der Waals surface area contributed by atoms with Gasteiger partial charge in [0.25, 0.3) is 11.3 Å². The van der Waals surface area contributed by atoms with Crippen molar-refractivity contribution >= 4 is 34.0 Å². The van der Waals surface area contributed by atoms with Crippen LogP contribution in [0.2, 0.25) is 0 Å². The first-order chi connectivity index (χ1) is 11.7. The van der Waals surface area contributed by atoms with E-state index in [0.29, 0.717) is 21.8 Å². The number of benzene rings is 1. The maximum atomic E-state index is 12.9. The second-order valence-electron chi connectivity index (χ2n) is 5.53. The molecule has 0 spiro atoms. The quantitative estimate of drug-likeness (QED) is 0.528. The number of rotatable bonds is 1. The van der Waals surface area contributed by atoms with Crippen LogP contribution in [0.4, 0.5) is 0 Å². The second-order valence-corrected chi connectivity index (χ2v) is 5.92. The third-order valence-corrected chi connectivity index (χ3v) is 4.52. The maximum Gasteiger partial charge on any atom is 0.268 e. The molecule has 5 rings (SSSR count). The zero-order chi connectivity index (χ0) is 16.3. The van der Waals surface area contributed by atoms with E-state index in [-0.39, 0.29) is 11.6 Å². The fraction of sp³-hybridized carbons (Fsp3) is 0.0625. The summed E-state index contributed by atoms with van der Waals surface area (Å²) in [4.78, 5) is 21.2. The first-order valence-corrected chi connectivity index (χ1v) is 7.75. The van der Waals surface area contributed by atoms with Gasteiger partial charge in [-0.1, -0.05) is 30.3 Å². The lowest BCUT2D eigenvalue weighted by atomic mass is 10.0. The molecule has 1 unspecified atom stereocenters. The summed E-state index contributed by atoms with van der Waals surface area (Å²) in [5.41, 5.74) is 2.28. The minimum absolute atomic E-state index is 0.178. The minimum Gasteiger partial charge on any atom is -0.349 e. The Kier molecular flexibility index (Phi) is 2.60. The SMILES string of the molecule is O=c1c2cnc3ncnn3c2cc2n1C(=S)NC2c1ccccc1. The van der Waals surface area contributed by atoms with Crippen LogP contribution in [0.15, 0.2) is 53.7 Å². The fourth-order valence-corrected chi connectivity index (χ4v) is 3.43. The van der Waals surface area contributed by atoms with E-state index in [1.807, 2.05) is 36.4 Å². The molecule has 4 aromatic rings. The van der Waals surface area contributed by atoms with E-state index in [4.69, 9.17) is 12.2 Å². The summed E-state index contributed by atoms with van der Waals surface area (Å²) in [5.74, 6) is 0.455. The Labute approximate surface area is 140 Å². The van der Waals surface area contributed by atoms with E-state index in [1.165, 1.54) is 17.1 Å². The van der Waals surface area contributed by atoms with Crippen molar-refractivity contribution in [1.82, 2.24) is 29.5 Å². The van der Waals surface area contributed by atoms with Crippen molar-refractivity contribution in [2.45, 2.75) is 6.04 Å². The average molecular weight is 334 g/mol. The highest BCUT2D eigenvalue weighted by Gasteiger charge is 2.29. The number of thiocarbonyl (C=S) groups is 1. The highest BCUT2D eigenvalue weighted by atomic mass is 32.1. The van der Waals surface area contributed by atoms with Crippen molar-refractivity contribution in [2.24, 2.45) is 0 Å². The predicted molar refractivity (Wildman–Crippen MR) is 92.0 cm³/mol. The van der Waals surface area contributed by atoms with E-state index >= 15 is 0 Å². The lowest BCUT2D eigenvalue weighted by Crippen LogP contribution is -2.28. The van der Waals surface area contributed by atoms with E-state index in [1.54, 1.807) is 4.52 Å². The summed E-state index contributed by atoms with van der Waals surface area (Å²) >= 11 is 5.38. The first-order valence-electron chi connectivity index (χ1n) is 7.34. The molecule has 0 fully saturated rings. The topological polar surface area (TPSA) is 77.1 Å². The van der Waals surface area contributed by atoms with Gasteiger partial charge in [0, 0.05) is 6.20 Å². The van der Waals surface area contributed by atoms with Gasteiger partial charge in [-0.25, -0.2) is 4.98 Å². The normalized spacial score (nSPS) is 16.5. The summed E-state index contributed by atoms with van der Waals surface area (Å²) in [6.45, 7) is 0. The van der Waals surface area contributed by atoms with Crippen molar-refractivity contribution in [2.75, 3.05) is 0 Å². The van der Waals surface area contributed by atoms with Crippen LogP contribution < -0.4 is 10.9 Å². The van der Waals surface area contributed by atoms with Gasteiger partial charge < -0.3 is 5.32 Å². The van der Waals surface area contributed by atoms with Crippen molar-refractivity contribution in [1.29, 1.82) is 0 Å². The number of aromatic nitrogens is 5. The average Bonchev–Trinajstić information content (AvgIpc) is 3.21. The van der Waals surface area contributed by atoms with Crippen LogP contribution in [0.25, 0.3) is 16.7 Å². The highest BCUT2D eigenvalue weighted by Crippen LogP contribution is 2.27. The molecule has 0 saturated carbocycles. The summed E-state index contributed by atoms with van der Waals surface area (Å²) in [7, 11) is 0. The van der Waals surface area contributed by atoms with E-state index in [0.717, 1.165) is 11.3 Å². The molecule has 0 radical (unpaired) electrons. The molecule has 0 aliphatic carbocycles. The fourth-order valence-electron chi connectivity index (χ4n) is 3.13. The third-order valence-electron chi connectivity index (χ3n) is 4.22. The van der Waals surface area contributed by atoms with Crippen LogP contribution in [0.1, 0.15) is 17.3 Å². The van der Waals surface area contributed by atoms with Gasteiger partial charge in [-0.05, 0) is 23.8 Å². The van der Waals surface area contributed by atoms with Crippen LogP contribution in [-0.4, -0.2) is 29.3 Å². The molecule has 4 heterocycles. The number of pyridine rings is 1. The van der Waals surface area contributed by atoms with Crippen LogP contribution in [0.5, 0.6) is 0 Å². The Bertz CT molecular complexity index is 1180. The Morgan fingerprint density at radius 3 is 2.83 bits per heavy atom. The Morgan fingerprint density at radius 2 is 2.00 bits per heavy atom. The number of hydrogen-bond donors (Lipinski definition) is 1. The molecule has 0 saturated heterocycles. The molecule has 116 valence electrons. The Balaban J connectivity index is 1.88. The summed E-state index contributed by atoms with van der Waals surface area (Å²) < 4.78 is 3.10. The molecule has 0 bridgehead atoms. The van der Waals surface area contributed by atoms with Crippen LogP contribution in [0, 0.1) is 0 Å². The summed E-state index contributed by atoms with van der Waals surface area (Å²) in [5, 5.41) is 8.24. The summed E-state index contributed by atoms with van der Waals surface area (Å²) in [6, 6.07) is 11.6. The molecule has 1 aliphatic heterocycles. The molecular formula is C16H10N6OS. The van der Waals surface area contributed by atoms with Crippen molar-refractivity contribution in [3.8, 4) is 0 Å². The third kappa shape index (κ3) is 1.68. The molecule has 8 heteroatoms. The van der Waals surface area contributed by atoms with Crippen molar-refractivity contribution < 1.29 is 0 Å². The van der Waals surface area contributed by atoms with E-state index in [2.05, 4.69) is 20.4 Å². The molecule has 3 aromatic heterocycles. The van der Waals surface area contributed by atoms with Crippen molar-refractivity contribution in [3.63, 3.8) is 0 Å². The molecule has 1 aromatic carbocycles. The van der Waals surface area contributed by atoms with E-state index < -0.39 is 0 Å². The van der Waals surface area contributed by atoms with Gasteiger partial charge >= 0.3 is 0 Å². The molecular weight excluding hydrogens is 324 g/mol. The van der Waals surface area contributed by atoms with Gasteiger partial charge in [0.1, 0.15) is 6.33 Å². The maximum absolute atomic E-state index is 12.9. The lowest BCUT2D eigenvalue weighted by molar-refractivity contribution is 0.790. The van der Waals surface area contributed by atoms with Gasteiger partial charge in [0.15, 0.2) is 5.11 Å². The zero-order valence-corrected chi connectivity index (χ0v) is 13.1. The molecule has 24 heavy (non-hydrogen) atoms. The zero-order valence-electron chi connectivity index (χ0n) is 12.2. The Morgan fingerprint density at radius 1 is 1.17 bits per heavy atom. The van der Waals surface area contributed by atoms with Crippen molar-refractivity contribution in [3.05, 3.63) is 70.5 Å². The van der Waals surface area contributed by atoms with Gasteiger partial charge in [-0.3, -0.25) is 9.36 Å². The molecule has 7 nitrogen and oxygen atoms in total. The number of fused-ring (bicyclic) bond motifs is 4. The van der Waals surface area contributed by atoms with Gasteiger partial charge in [-0.15, -0.1) is 0 Å². The molecule has 0 amide bonds. The van der Waals surface area contributed by atoms with E-state index in [9.17, 15) is 4.79 Å². The smallest absolute Gasteiger partial charge is 0.268 e. The second kappa shape index (κ2) is 4.68. The molecule has 1 aliphatic rings. The highest BCUT2D eigenvalue weighted by molar-refractivity contribution is 7.80. The number of nitrogens with zero attached hydrogens (tertiary/aromatic N) is 5. The summed E-state index contributed by atoms with van der Waals surface area (Å²) in [6.07, 6.45) is 2.94. The number of hydrogen-bond acceptors (Lipinski definition) is 5. The van der Waals surface area contributed by atoms with Gasteiger partial charge in [-0.2, -0.15) is 14.6 Å². The minimum atomic E-state index is -0.205. The Hall–Kier alpha value is -3.13. The monoisotopic (exact) mass is 334 g/mol. The first kappa shape index (κ1) is 13.3. The molecule has 1 N–H and O–H groups in total. The van der Waals surface area contributed by atoms with Gasteiger partial charge in [0.05, 0.1) is 22.6 Å². The molecule has 1 atom stereocenters. The van der Waals surface area contributed by atoms with Crippen LogP contribution in [0.3, 0.4) is 0 Å². The number of nitrogens with one attached hydrogen (secondary N) is 1. The standard InChI is InChI=1S/C16H10N6OS/c23-14-10-7-17-15-18-8-19-22(15)11(10)6-12-13(20-16(24)21(12)14)9-4-2-1-3-5-9/h1-8,13H,(H,20,24). The van der Waals surface area contributed by atoms with Crippen LogP contribution in [-0.2, 0) is 0 Å². The lowest BCUT2D eigenvalue weighted by Gasteiger charge is -2.12. The largest absolute Gasteiger partial charge is 0.349 e.